The highest BCUT2D eigenvalue weighted by Gasteiger charge is 2.13. The Morgan fingerprint density at radius 1 is 1.09 bits per heavy atom. The second kappa shape index (κ2) is 6.98. The van der Waals surface area contributed by atoms with Gasteiger partial charge < -0.3 is 10.2 Å². The third kappa shape index (κ3) is 4.00. The molecule has 0 atom stereocenters. The number of halogens is 3. The van der Waals surface area contributed by atoms with Crippen molar-refractivity contribution in [3.8, 4) is 0 Å². The summed E-state index contributed by atoms with van der Waals surface area (Å²) in [5.41, 5.74) is 0.457. The Hall–Kier alpha value is -2.50. The van der Waals surface area contributed by atoms with Gasteiger partial charge in [-0.1, -0.05) is 6.07 Å². The lowest BCUT2D eigenvalue weighted by Gasteiger charge is -2.22. The summed E-state index contributed by atoms with van der Waals surface area (Å²) >= 11 is 0. The molecule has 0 bridgehead atoms. The number of carbonyl (C=O) groups is 1. The lowest BCUT2D eigenvalue weighted by atomic mass is 10.2. The SMILES string of the molecule is CCN(CC(=O)Nc1ccc(F)cc1F)c1cccc(F)c1. The van der Waals surface area contributed by atoms with Crippen molar-refractivity contribution in [1.29, 1.82) is 0 Å². The number of hydrogen-bond acceptors (Lipinski definition) is 2. The molecule has 1 N–H and O–H groups in total. The standard InChI is InChI=1S/C16H15F3N2O/c1-2-21(13-5-3-4-11(17)8-13)10-16(22)20-15-7-6-12(18)9-14(15)19/h3-9H,2,10H2,1H3,(H,20,22). The van der Waals surface area contributed by atoms with Gasteiger partial charge in [0.25, 0.3) is 0 Å². The molecule has 0 aromatic heterocycles. The quantitative estimate of drug-likeness (QED) is 0.916. The van der Waals surface area contributed by atoms with Crippen molar-refractivity contribution >= 4 is 17.3 Å². The van der Waals surface area contributed by atoms with Gasteiger partial charge in [-0.2, -0.15) is 0 Å². The Labute approximate surface area is 126 Å². The van der Waals surface area contributed by atoms with E-state index >= 15 is 0 Å². The predicted molar refractivity (Wildman–Crippen MR) is 79.3 cm³/mol. The largest absolute Gasteiger partial charge is 0.362 e. The fraction of sp³-hybridized carbons (Fsp3) is 0.188. The van der Waals surface area contributed by atoms with Crippen molar-refractivity contribution < 1.29 is 18.0 Å². The van der Waals surface area contributed by atoms with Gasteiger partial charge in [-0.3, -0.25) is 4.79 Å². The van der Waals surface area contributed by atoms with Crippen LogP contribution in [0.1, 0.15) is 6.92 Å². The Kier molecular flexibility index (Phi) is 5.04. The highest BCUT2D eigenvalue weighted by Crippen LogP contribution is 2.17. The average molecular weight is 308 g/mol. The van der Waals surface area contributed by atoms with Crippen LogP contribution in [0.5, 0.6) is 0 Å². The minimum absolute atomic E-state index is 0.0726. The van der Waals surface area contributed by atoms with Crippen LogP contribution in [0.2, 0.25) is 0 Å². The summed E-state index contributed by atoms with van der Waals surface area (Å²) in [6.07, 6.45) is 0. The number of likely N-dealkylation sites (N-methyl/N-ethyl adjacent to an activating group) is 1. The first-order valence-electron chi connectivity index (χ1n) is 6.75. The summed E-state index contributed by atoms with van der Waals surface area (Å²) in [4.78, 5) is 13.6. The summed E-state index contributed by atoms with van der Waals surface area (Å²) in [5, 5.41) is 2.37. The van der Waals surface area contributed by atoms with Crippen LogP contribution >= 0.6 is 0 Å². The number of nitrogens with one attached hydrogen (secondary N) is 1. The van der Waals surface area contributed by atoms with Crippen molar-refractivity contribution in [3.05, 3.63) is 59.9 Å². The van der Waals surface area contributed by atoms with Crippen molar-refractivity contribution in [3.63, 3.8) is 0 Å². The van der Waals surface area contributed by atoms with E-state index in [9.17, 15) is 18.0 Å². The second-order valence-electron chi connectivity index (χ2n) is 4.67. The number of carbonyl (C=O) groups excluding carboxylic acids is 1. The molecule has 0 unspecified atom stereocenters. The summed E-state index contributed by atoms with van der Waals surface area (Å²) in [5.74, 6) is -2.44. The lowest BCUT2D eigenvalue weighted by Crippen LogP contribution is -2.33. The number of amides is 1. The van der Waals surface area contributed by atoms with Gasteiger partial charge in [0, 0.05) is 18.3 Å². The van der Waals surface area contributed by atoms with Crippen LogP contribution in [0.3, 0.4) is 0 Å². The van der Waals surface area contributed by atoms with E-state index in [1.807, 2.05) is 6.92 Å². The van der Waals surface area contributed by atoms with Crippen LogP contribution < -0.4 is 10.2 Å². The van der Waals surface area contributed by atoms with Gasteiger partial charge >= 0.3 is 0 Å². The molecule has 0 saturated carbocycles. The van der Waals surface area contributed by atoms with E-state index in [4.69, 9.17) is 0 Å². The molecule has 0 fully saturated rings. The Balaban J connectivity index is 2.06. The van der Waals surface area contributed by atoms with Gasteiger partial charge in [0.05, 0.1) is 12.2 Å². The zero-order chi connectivity index (χ0) is 16.1. The molecule has 0 aliphatic rings. The number of hydrogen-bond donors (Lipinski definition) is 1. The van der Waals surface area contributed by atoms with Gasteiger partial charge in [-0.25, -0.2) is 13.2 Å². The van der Waals surface area contributed by atoms with Crippen molar-refractivity contribution in [2.45, 2.75) is 6.92 Å². The molecular formula is C16H15F3N2O. The summed E-state index contributed by atoms with van der Waals surface area (Å²) in [6.45, 7) is 2.22. The number of anilines is 2. The first kappa shape index (κ1) is 15.9. The molecule has 0 aliphatic carbocycles. The zero-order valence-electron chi connectivity index (χ0n) is 11.9. The number of nitrogens with zero attached hydrogens (tertiary/aromatic N) is 1. The zero-order valence-corrected chi connectivity index (χ0v) is 11.9. The summed E-state index contributed by atoms with van der Waals surface area (Å²) < 4.78 is 39.5. The molecule has 1 amide bonds. The lowest BCUT2D eigenvalue weighted by molar-refractivity contribution is -0.115. The molecule has 6 heteroatoms. The topological polar surface area (TPSA) is 32.3 Å². The minimum Gasteiger partial charge on any atom is -0.362 e. The van der Waals surface area contributed by atoms with E-state index in [1.165, 1.54) is 12.1 Å². The fourth-order valence-corrected chi connectivity index (χ4v) is 2.01. The maximum atomic E-state index is 13.5. The molecule has 0 spiro atoms. The van der Waals surface area contributed by atoms with Crippen LogP contribution in [0, 0.1) is 17.5 Å². The minimum atomic E-state index is -0.845. The van der Waals surface area contributed by atoms with Gasteiger partial charge in [0.15, 0.2) is 0 Å². The first-order valence-corrected chi connectivity index (χ1v) is 6.75. The first-order chi connectivity index (χ1) is 10.5. The summed E-state index contributed by atoms with van der Waals surface area (Å²) in [6, 6.07) is 8.76. The molecule has 22 heavy (non-hydrogen) atoms. The molecular weight excluding hydrogens is 293 g/mol. The van der Waals surface area contributed by atoms with E-state index in [-0.39, 0.29) is 12.2 Å². The average Bonchev–Trinajstić information content (AvgIpc) is 2.47. The highest BCUT2D eigenvalue weighted by atomic mass is 19.1. The maximum Gasteiger partial charge on any atom is 0.243 e. The van der Waals surface area contributed by atoms with Gasteiger partial charge in [-0.15, -0.1) is 0 Å². The predicted octanol–water partition coefficient (Wildman–Crippen LogP) is 3.57. The van der Waals surface area contributed by atoms with E-state index < -0.39 is 23.4 Å². The van der Waals surface area contributed by atoms with Crippen molar-refractivity contribution in [1.82, 2.24) is 0 Å². The molecule has 0 heterocycles. The van der Waals surface area contributed by atoms with Crippen LogP contribution in [-0.2, 0) is 4.79 Å². The van der Waals surface area contributed by atoms with Crippen LogP contribution in [0.25, 0.3) is 0 Å². The molecule has 0 radical (unpaired) electrons. The molecule has 3 nitrogen and oxygen atoms in total. The maximum absolute atomic E-state index is 13.5. The highest BCUT2D eigenvalue weighted by molar-refractivity contribution is 5.94. The monoisotopic (exact) mass is 308 g/mol. The van der Waals surface area contributed by atoms with E-state index in [0.717, 1.165) is 12.1 Å². The molecule has 116 valence electrons. The van der Waals surface area contributed by atoms with Crippen molar-refractivity contribution in [2.75, 3.05) is 23.3 Å². The third-order valence-electron chi connectivity index (χ3n) is 3.09. The Morgan fingerprint density at radius 2 is 1.82 bits per heavy atom. The second-order valence-corrected chi connectivity index (χ2v) is 4.67. The molecule has 2 rings (SSSR count). The van der Waals surface area contributed by atoms with Crippen molar-refractivity contribution in [2.24, 2.45) is 0 Å². The number of rotatable bonds is 5. The Morgan fingerprint density at radius 3 is 2.45 bits per heavy atom. The van der Waals surface area contributed by atoms with E-state index in [0.29, 0.717) is 18.3 Å². The van der Waals surface area contributed by atoms with Crippen LogP contribution in [0.4, 0.5) is 24.5 Å². The fourth-order valence-electron chi connectivity index (χ4n) is 2.01. The molecule has 2 aromatic rings. The molecule has 0 aliphatic heterocycles. The third-order valence-corrected chi connectivity index (χ3v) is 3.09. The van der Waals surface area contributed by atoms with E-state index in [1.54, 1.807) is 17.0 Å². The van der Waals surface area contributed by atoms with E-state index in [2.05, 4.69) is 5.32 Å². The number of benzene rings is 2. The normalized spacial score (nSPS) is 10.4. The summed E-state index contributed by atoms with van der Waals surface area (Å²) in [7, 11) is 0. The molecule has 2 aromatic carbocycles. The van der Waals surface area contributed by atoms with Crippen LogP contribution in [0.15, 0.2) is 42.5 Å². The smallest absolute Gasteiger partial charge is 0.243 e. The van der Waals surface area contributed by atoms with Gasteiger partial charge in [0.2, 0.25) is 5.91 Å². The van der Waals surface area contributed by atoms with Gasteiger partial charge in [-0.05, 0) is 37.3 Å². The Bertz CT molecular complexity index is 676. The van der Waals surface area contributed by atoms with Gasteiger partial charge in [0.1, 0.15) is 17.5 Å². The molecule has 0 saturated heterocycles. The van der Waals surface area contributed by atoms with Crippen LogP contribution in [-0.4, -0.2) is 19.0 Å².